The zero-order valence-electron chi connectivity index (χ0n) is 20.7. The van der Waals surface area contributed by atoms with Crippen molar-refractivity contribution in [3.05, 3.63) is 89.9 Å². The van der Waals surface area contributed by atoms with Crippen molar-refractivity contribution < 1.29 is 4.79 Å². The number of halogens is 1. The van der Waals surface area contributed by atoms with E-state index in [1.165, 1.54) is 0 Å². The Balaban J connectivity index is 1.78. The lowest BCUT2D eigenvalue weighted by atomic mass is 10.0. The number of hydrogen-bond acceptors (Lipinski definition) is 5. The van der Waals surface area contributed by atoms with Gasteiger partial charge in [-0.15, -0.1) is 10.2 Å². The molecule has 0 saturated carbocycles. The monoisotopic (exact) mass is 505 g/mol. The zero-order valence-corrected chi connectivity index (χ0v) is 21.4. The van der Waals surface area contributed by atoms with Gasteiger partial charge < -0.3 is 19.8 Å². The highest BCUT2D eigenvalue weighted by atomic mass is 35.5. The molecule has 9 heteroatoms. The van der Waals surface area contributed by atoms with Gasteiger partial charge in [-0.3, -0.25) is 4.79 Å². The number of nitrogens with zero attached hydrogens (tertiary/aromatic N) is 6. The molecule has 36 heavy (non-hydrogen) atoms. The molecule has 0 saturated heterocycles. The molecule has 1 atom stereocenters. The van der Waals surface area contributed by atoms with Gasteiger partial charge in [0.15, 0.2) is 0 Å². The fourth-order valence-electron chi connectivity index (χ4n) is 4.39. The van der Waals surface area contributed by atoms with Crippen LogP contribution in [0.4, 0.5) is 0 Å². The number of nitrogens with two attached hydrogens (primary N) is 1. The van der Waals surface area contributed by atoms with E-state index in [9.17, 15) is 4.79 Å². The molecule has 1 unspecified atom stereocenters. The minimum atomic E-state index is -0.253. The highest BCUT2D eigenvalue weighted by Gasteiger charge is 2.32. The third kappa shape index (κ3) is 6.19. The van der Waals surface area contributed by atoms with Gasteiger partial charge in [0.05, 0.1) is 11.7 Å². The molecule has 0 fully saturated rings. The molecular formula is C27H32ClN7O. The number of imidazole rings is 1. The molecule has 1 amide bonds. The minimum Gasteiger partial charge on any atom is -0.331 e. The lowest BCUT2D eigenvalue weighted by molar-refractivity contribution is -0.135. The van der Waals surface area contributed by atoms with E-state index in [4.69, 9.17) is 22.3 Å². The van der Waals surface area contributed by atoms with Crippen LogP contribution in [0.15, 0.2) is 73.4 Å². The maximum Gasteiger partial charge on any atom is 0.243 e. The molecule has 2 aromatic heterocycles. The number of aromatic nitrogens is 5. The van der Waals surface area contributed by atoms with Crippen LogP contribution in [0.3, 0.4) is 0 Å². The number of hydrogen-bond donors (Lipinski definition) is 1. The molecule has 0 radical (unpaired) electrons. The molecular weight excluding hydrogens is 474 g/mol. The molecule has 0 aliphatic rings. The van der Waals surface area contributed by atoms with Gasteiger partial charge in [0.1, 0.15) is 25.0 Å². The number of amides is 1. The first-order valence-electron chi connectivity index (χ1n) is 12.1. The molecule has 0 aliphatic heterocycles. The topological polar surface area (TPSA) is 94.9 Å². The molecule has 4 aromatic rings. The van der Waals surface area contributed by atoms with Crippen LogP contribution >= 0.6 is 11.6 Å². The van der Waals surface area contributed by atoms with E-state index in [0.717, 1.165) is 22.6 Å². The van der Waals surface area contributed by atoms with Crippen LogP contribution < -0.4 is 5.73 Å². The van der Waals surface area contributed by atoms with E-state index >= 15 is 0 Å². The summed E-state index contributed by atoms with van der Waals surface area (Å²) in [7, 11) is 0. The second kappa shape index (κ2) is 12.0. The van der Waals surface area contributed by atoms with Gasteiger partial charge in [0.2, 0.25) is 5.91 Å². The summed E-state index contributed by atoms with van der Waals surface area (Å²) in [6.45, 7) is 6.05. The van der Waals surface area contributed by atoms with Crippen molar-refractivity contribution in [3.8, 4) is 11.3 Å². The first-order valence-corrected chi connectivity index (χ1v) is 12.5. The van der Waals surface area contributed by atoms with E-state index < -0.39 is 0 Å². The average molecular weight is 506 g/mol. The van der Waals surface area contributed by atoms with E-state index in [1.807, 2.05) is 47.4 Å². The molecule has 4 rings (SSSR count). The Kier molecular flexibility index (Phi) is 8.51. The minimum absolute atomic E-state index is 0.0273. The summed E-state index contributed by atoms with van der Waals surface area (Å²) in [5, 5.41) is 8.32. The quantitative estimate of drug-likeness (QED) is 0.325. The van der Waals surface area contributed by atoms with Crippen molar-refractivity contribution in [2.24, 2.45) is 11.7 Å². The van der Waals surface area contributed by atoms with Gasteiger partial charge in [0.25, 0.3) is 0 Å². The normalized spacial score (nSPS) is 12.1. The highest BCUT2D eigenvalue weighted by molar-refractivity contribution is 6.30. The van der Waals surface area contributed by atoms with Crippen molar-refractivity contribution in [1.82, 2.24) is 29.2 Å². The lowest BCUT2D eigenvalue weighted by Crippen LogP contribution is -2.41. The predicted molar refractivity (Wildman–Crippen MR) is 141 cm³/mol. The number of rotatable bonds is 11. The maximum absolute atomic E-state index is 13.6. The Labute approximate surface area is 216 Å². The summed E-state index contributed by atoms with van der Waals surface area (Å²) in [5.74, 6) is 0.912. The second-order valence-electron chi connectivity index (χ2n) is 9.16. The van der Waals surface area contributed by atoms with Gasteiger partial charge in [0, 0.05) is 29.9 Å². The van der Waals surface area contributed by atoms with Crippen molar-refractivity contribution in [3.63, 3.8) is 0 Å². The SMILES string of the molecule is CC(C)C(c1nc(-c2cccc(Cl)c2)cn1Cc1ccccc1)N(CCCN)C(=O)Cn1cnnc1. The summed E-state index contributed by atoms with van der Waals surface area (Å²) in [6.07, 6.45) is 5.85. The van der Waals surface area contributed by atoms with Crippen LogP contribution in [0.5, 0.6) is 0 Å². The fraction of sp³-hybridized carbons (Fsp3) is 0.333. The third-order valence-electron chi connectivity index (χ3n) is 6.06. The van der Waals surface area contributed by atoms with E-state index in [0.29, 0.717) is 31.1 Å². The first-order chi connectivity index (χ1) is 17.5. The summed E-state index contributed by atoms with van der Waals surface area (Å²) in [6, 6.07) is 17.7. The van der Waals surface area contributed by atoms with Crippen LogP contribution in [0.25, 0.3) is 11.3 Å². The lowest BCUT2D eigenvalue weighted by Gasteiger charge is -2.34. The fourth-order valence-corrected chi connectivity index (χ4v) is 4.58. The highest BCUT2D eigenvalue weighted by Crippen LogP contribution is 2.32. The Morgan fingerprint density at radius 3 is 2.50 bits per heavy atom. The largest absolute Gasteiger partial charge is 0.331 e. The van der Waals surface area contributed by atoms with Crippen LogP contribution in [0.2, 0.25) is 5.02 Å². The third-order valence-corrected chi connectivity index (χ3v) is 6.30. The molecule has 0 aliphatic carbocycles. The van der Waals surface area contributed by atoms with Gasteiger partial charge >= 0.3 is 0 Å². The Morgan fingerprint density at radius 1 is 1.08 bits per heavy atom. The van der Waals surface area contributed by atoms with Gasteiger partial charge in [-0.05, 0) is 36.6 Å². The molecule has 0 spiro atoms. The van der Waals surface area contributed by atoms with Crippen molar-refractivity contribution in [1.29, 1.82) is 0 Å². The first kappa shape index (κ1) is 25.6. The van der Waals surface area contributed by atoms with Crippen molar-refractivity contribution >= 4 is 17.5 Å². The predicted octanol–water partition coefficient (Wildman–Crippen LogP) is 4.42. The Hall–Kier alpha value is -3.49. The average Bonchev–Trinajstić information content (AvgIpc) is 3.52. The molecule has 2 N–H and O–H groups in total. The Morgan fingerprint density at radius 2 is 1.83 bits per heavy atom. The number of benzene rings is 2. The van der Waals surface area contributed by atoms with Crippen molar-refractivity contribution in [2.45, 2.75) is 39.4 Å². The van der Waals surface area contributed by atoms with Crippen LogP contribution in [0.1, 0.15) is 37.7 Å². The standard InChI is InChI=1S/C27H32ClN7O/c1-20(2)26(35(13-7-12-29)25(36)17-33-18-30-31-19-33)27-32-24(22-10-6-11-23(28)14-22)16-34(27)15-21-8-4-3-5-9-21/h3-6,8-11,14,16,18-20,26H,7,12-13,15,17,29H2,1-2H3. The van der Waals surface area contributed by atoms with Crippen molar-refractivity contribution in [2.75, 3.05) is 13.1 Å². The zero-order chi connectivity index (χ0) is 25.5. The number of carbonyl (C=O) groups is 1. The summed E-state index contributed by atoms with van der Waals surface area (Å²) >= 11 is 6.29. The summed E-state index contributed by atoms with van der Waals surface area (Å²) < 4.78 is 3.83. The van der Waals surface area contributed by atoms with E-state index in [2.05, 4.69) is 46.9 Å². The Bertz CT molecular complexity index is 1250. The molecule has 2 heterocycles. The van der Waals surface area contributed by atoms with Crippen LogP contribution in [0, 0.1) is 5.92 Å². The molecule has 0 bridgehead atoms. The molecule has 188 valence electrons. The number of carbonyl (C=O) groups excluding carboxylic acids is 1. The van der Waals surface area contributed by atoms with Crippen LogP contribution in [-0.2, 0) is 17.9 Å². The smallest absolute Gasteiger partial charge is 0.243 e. The van der Waals surface area contributed by atoms with E-state index in [-0.39, 0.29) is 24.4 Å². The summed E-state index contributed by atoms with van der Waals surface area (Å²) in [4.78, 5) is 20.6. The molecule has 2 aromatic carbocycles. The van der Waals surface area contributed by atoms with E-state index in [1.54, 1.807) is 17.2 Å². The van der Waals surface area contributed by atoms with Gasteiger partial charge in [-0.2, -0.15) is 0 Å². The summed E-state index contributed by atoms with van der Waals surface area (Å²) in [5.41, 5.74) is 8.76. The second-order valence-corrected chi connectivity index (χ2v) is 9.60. The van der Waals surface area contributed by atoms with Gasteiger partial charge in [-0.1, -0.05) is 67.9 Å². The molecule has 8 nitrogen and oxygen atoms in total. The van der Waals surface area contributed by atoms with Crippen LogP contribution in [-0.4, -0.2) is 48.2 Å². The maximum atomic E-state index is 13.6. The van der Waals surface area contributed by atoms with Gasteiger partial charge in [-0.25, -0.2) is 4.98 Å².